The highest BCUT2D eigenvalue weighted by atomic mass is 14.6. The maximum atomic E-state index is 6.19. The lowest BCUT2D eigenvalue weighted by Crippen LogP contribution is -2.25. The van der Waals surface area contributed by atoms with Crippen LogP contribution >= 0.6 is 0 Å². The zero-order chi connectivity index (χ0) is 12.0. The Balaban J connectivity index is 2.42. The van der Waals surface area contributed by atoms with E-state index in [0.29, 0.717) is 6.04 Å². The van der Waals surface area contributed by atoms with Crippen LogP contribution in [0.2, 0.25) is 0 Å². The summed E-state index contributed by atoms with van der Waals surface area (Å²) in [6, 6.07) is 8.98. The maximum Gasteiger partial charge on any atom is 0.00818 e. The van der Waals surface area contributed by atoms with E-state index in [1.807, 2.05) is 0 Å². The van der Waals surface area contributed by atoms with Gasteiger partial charge < -0.3 is 5.73 Å². The first-order valence-electron chi connectivity index (χ1n) is 6.43. The quantitative estimate of drug-likeness (QED) is 0.776. The Hall–Kier alpha value is -0.820. The predicted octanol–water partition coefficient (Wildman–Crippen LogP) is 3.69. The molecule has 1 aromatic rings. The third-order valence-corrected chi connectivity index (χ3v) is 3.07. The Kier molecular flexibility index (Phi) is 5.54. The van der Waals surface area contributed by atoms with E-state index in [-0.39, 0.29) is 0 Å². The minimum absolute atomic E-state index is 0.309. The molecule has 16 heavy (non-hydrogen) atoms. The topological polar surface area (TPSA) is 26.0 Å². The van der Waals surface area contributed by atoms with Gasteiger partial charge >= 0.3 is 0 Å². The van der Waals surface area contributed by atoms with E-state index in [1.54, 1.807) is 0 Å². The van der Waals surface area contributed by atoms with Crippen molar-refractivity contribution in [2.24, 2.45) is 11.7 Å². The van der Waals surface area contributed by atoms with E-state index in [4.69, 9.17) is 5.73 Å². The molecule has 0 fully saturated rings. The van der Waals surface area contributed by atoms with Crippen molar-refractivity contribution in [2.45, 2.75) is 52.5 Å². The number of hydrogen-bond acceptors (Lipinski definition) is 1. The number of rotatable bonds is 6. The fourth-order valence-corrected chi connectivity index (χ4v) is 2.35. The minimum atomic E-state index is 0.309. The molecule has 90 valence electrons. The van der Waals surface area contributed by atoms with Crippen LogP contribution in [0.15, 0.2) is 24.3 Å². The second-order valence-electron chi connectivity index (χ2n) is 5.08. The Morgan fingerprint density at radius 3 is 2.69 bits per heavy atom. The van der Waals surface area contributed by atoms with Gasteiger partial charge in [-0.3, -0.25) is 0 Å². The second kappa shape index (κ2) is 6.70. The second-order valence-corrected chi connectivity index (χ2v) is 5.08. The summed E-state index contributed by atoms with van der Waals surface area (Å²) in [5, 5.41) is 0. The van der Waals surface area contributed by atoms with Gasteiger partial charge in [-0.25, -0.2) is 0 Å². The normalized spacial score (nSPS) is 14.8. The smallest absolute Gasteiger partial charge is 0.00818 e. The summed E-state index contributed by atoms with van der Waals surface area (Å²) in [5.74, 6) is 0.754. The van der Waals surface area contributed by atoms with Crippen molar-refractivity contribution in [1.29, 1.82) is 0 Å². The van der Waals surface area contributed by atoms with E-state index in [0.717, 1.165) is 18.8 Å². The van der Waals surface area contributed by atoms with Gasteiger partial charge in [-0.2, -0.15) is 0 Å². The molecule has 0 aliphatic carbocycles. The summed E-state index contributed by atoms with van der Waals surface area (Å²) < 4.78 is 0. The van der Waals surface area contributed by atoms with Crippen LogP contribution in [0.4, 0.5) is 0 Å². The van der Waals surface area contributed by atoms with Crippen LogP contribution in [0, 0.1) is 12.8 Å². The summed E-state index contributed by atoms with van der Waals surface area (Å²) in [7, 11) is 0. The fourth-order valence-electron chi connectivity index (χ4n) is 2.35. The molecule has 2 N–H and O–H groups in total. The number of nitrogens with two attached hydrogens (primary N) is 1. The van der Waals surface area contributed by atoms with Gasteiger partial charge in [0.05, 0.1) is 0 Å². The number of benzene rings is 1. The van der Waals surface area contributed by atoms with Crippen molar-refractivity contribution in [3.05, 3.63) is 35.4 Å². The van der Waals surface area contributed by atoms with Gasteiger partial charge in [0.25, 0.3) is 0 Å². The standard InChI is InChI=1S/C15H25N/c1-4-6-12(2)10-15(16)11-14-8-5-7-13(3)9-14/h5,7-9,12,15H,4,6,10-11,16H2,1-3H3. The van der Waals surface area contributed by atoms with Gasteiger partial charge in [-0.05, 0) is 31.2 Å². The summed E-state index contributed by atoms with van der Waals surface area (Å²) in [4.78, 5) is 0. The third-order valence-electron chi connectivity index (χ3n) is 3.07. The van der Waals surface area contributed by atoms with Crippen LogP contribution in [0.1, 0.15) is 44.2 Å². The van der Waals surface area contributed by atoms with Crippen molar-refractivity contribution >= 4 is 0 Å². The highest BCUT2D eigenvalue weighted by Gasteiger charge is 2.09. The molecule has 2 unspecified atom stereocenters. The summed E-state index contributed by atoms with van der Waals surface area (Å²) >= 11 is 0. The summed E-state index contributed by atoms with van der Waals surface area (Å²) in [5.41, 5.74) is 8.88. The molecule has 0 saturated heterocycles. The molecule has 0 heterocycles. The minimum Gasteiger partial charge on any atom is -0.327 e. The Labute approximate surface area is 100 Å². The summed E-state index contributed by atoms with van der Waals surface area (Å²) in [6.07, 6.45) is 4.71. The molecule has 0 amide bonds. The van der Waals surface area contributed by atoms with E-state index < -0.39 is 0 Å². The molecule has 1 rings (SSSR count). The van der Waals surface area contributed by atoms with Crippen molar-refractivity contribution in [2.75, 3.05) is 0 Å². The van der Waals surface area contributed by atoms with E-state index in [1.165, 1.54) is 24.0 Å². The predicted molar refractivity (Wildman–Crippen MR) is 71.5 cm³/mol. The molecule has 1 nitrogen and oxygen atoms in total. The lowest BCUT2D eigenvalue weighted by molar-refractivity contribution is 0.431. The molecule has 0 bridgehead atoms. The van der Waals surface area contributed by atoms with Gasteiger partial charge in [0.2, 0.25) is 0 Å². The SMILES string of the molecule is CCCC(C)CC(N)Cc1cccc(C)c1. The lowest BCUT2D eigenvalue weighted by atomic mass is 9.93. The van der Waals surface area contributed by atoms with E-state index >= 15 is 0 Å². The molecule has 0 saturated carbocycles. The molecular formula is C15H25N. The van der Waals surface area contributed by atoms with E-state index in [2.05, 4.69) is 45.0 Å². The highest BCUT2D eigenvalue weighted by Crippen LogP contribution is 2.15. The first-order valence-corrected chi connectivity index (χ1v) is 6.43. The van der Waals surface area contributed by atoms with Crippen LogP contribution in [0.5, 0.6) is 0 Å². The van der Waals surface area contributed by atoms with Crippen molar-refractivity contribution in [3.8, 4) is 0 Å². The molecule has 0 aromatic heterocycles. The molecule has 1 heteroatoms. The maximum absolute atomic E-state index is 6.19. The monoisotopic (exact) mass is 219 g/mol. The Morgan fingerprint density at radius 1 is 1.31 bits per heavy atom. The molecule has 0 aliphatic heterocycles. The lowest BCUT2D eigenvalue weighted by Gasteiger charge is -2.17. The number of aryl methyl sites for hydroxylation is 1. The zero-order valence-electron chi connectivity index (χ0n) is 10.9. The van der Waals surface area contributed by atoms with Gasteiger partial charge in [-0.15, -0.1) is 0 Å². The molecular weight excluding hydrogens is 194 g/mol. The Morgan fingerprint density at radius 2 is 2.06 bits per heavy atom. The fraction of sp³-hybridized carbons (Fsp3) is 0.600. The van der Waals surface area contributed by atoms with Gasteiger partial charge in [0.15, 0.2) is 0 Å². The Bertz CT molecular complexity index is 306. The van der Waals surface area contributed by atoms with Crippen LogP contribution in [-0.2, 0) is 6.42 Å². The molecule has 0 spiro atoms. The first-order chi connectivity index (χ1) is 7.61. The van der Waals surface area contributed by atoms with Gasteiger partial charge in [0.1, 0.15) is 0 Å². The molecule has 2 atom stereocenters. The van der Waals surface area contributed by atoms with E-state index in [9.17, 15) is 0 Å². The van der Waals surface area contributed by atoms with Crippen LogP contribution in [-0.4, -0.2) is 6.04 Å². The van der Waals surface area contributed by atoms with Crippen LogP contribution < -0.4 is 5.73 Å². The van der Waals surface area contributed by atoms with Crippen molar-refractivity contribution in [3.63, 3.8) is 0 Å². The van der Waals surface area contributed by atoms with Crippen LogP contribution in [0.25, 0.3) is 0 Å². The highest BCUT2D eigenvalue weighted by molar-refractivity contribution is 5.22. The average molecular weight is 219 g/mol. The van der Waals surface area contributed by atoms with Gasteiger partial charge in [-0.1, -0.05) is 56.5 Å². The zero-order valence-corrected chi connectivity index (χ0v) is 10.9. The van der Waals surface area contributed by atoms with Crippen molar-refractivity contribution < 1.29 is 0 Å². The molecule has 0 aliphatic rings. The first kappa shape index (κ1) is 13.2. The van der Waals surface area contributed by atoms with Crippen molar-refractivity contribution in [1.82, 2.24) is 0 Å². The van der Waals surface area contributed by atoms with Gasteiger partial charge in [0, 0.05) is 6.04 Å². The largest absolute Gasteiger partial charge is 0.327 e. The van der Waals surface area contributed by atoms with Crippen LogP contribution in [0.3, 0.4) is 0 Å². The molecule has 0 radical (unpaired) electrons. The third kappa shape index (κ3) is 4.80. The average Bonchev–Trinajstić information content (AvgIpc) is 2.17. The number of hydrogen-bond donors (Lipinski definition) is 1. The molecule has 1 aromatic carbocycles. The summed E-state index contributed by atoms with van der Waals surface area (Å²) in [6.45, 7) is 6.68.